The van der Waals surface area contributed by atoms with Crippen molar-refractivity contribution in [2.45, 2.75) is 72.0 Å². The number of aliphatic hydroxyl groups is 3. The Morgan fingerprint density at radius 2 is 1.62 bits per heavy atom. The molecule has 5 atom stereocenters. The summed E-state index contributed by atoms with van der Waals surface area (Å²) in [6.45, 7) is 11.3. The lowest BCUT2D eigenvalue weighted by molar-refractivity contribution is -0.142. The first-order valence-electron chi connectivity index (χ1n) is 9.68. The molecule has 168 valence electrons. The average molecular weight is 417 g/mol. The Kier molecular flexibility index (Phi) is 11.9. The molecule has 2 amide bonds. The molecule has 0 heterocycles. The van der Waals surface area contributed by atoms with E-state index < -0.39 is 42.1 Å². The van der Waals surface area contributed by atoms with Crippen molar-refractivity contribution in [1.29, 1.82) is 0 Å². The van der Waals surface area contributed by atoms with E-state index in [2.05, 4.69) is 10.6 Å². The molecule has 0 radical (unpaired) electrons. The van der Waals surface area contributed by atoms with E-state index in [4.69, 9.17) is 4.74 Å². The summed E-state index contributed by atoms with van der Waals surface area (Å²) < 4.78 is 5.29. The van der Waals surface area contributed by atoms with Crippen molar-refractivity contribution in [3.8, 4) is 0 Å². The molecule has 0 aromatic rings. The van der Waals surface area contributed by atoms with Gasteiger partial charge in [0.25, 0.3) is 0 Å². The predicted molar refractivity (Wildman–Crippen MR) is 108 cm³/mol. The summed E-state index contributed by atoms with van der Waals surface area (Å²) in [4.78, 5) is 35.6. The van der Waals surface area contributed by atoms with Crippen molar-refractivity contribution in [3.05, 3.63) is 12.2 Å². The molecule has 0 spiro atoms. The van der Waals surface area contributed by atoms with Gasteiger partial charge in [0.15, 0.2) is 0 Å². The van der Waals surface area contributed by atoms with Gasteiger partial charge in [0.2, 0.25) is 11.8 Å². The molecular weight excluding hydrogens is 380 g/mol. The highest BCUT2D eigenvalue weighted by atomic mass is 16.5. The normalized spacial score (nSPS) is 17.4. The maximum Gasteiger partial charge on any atom is 0.242 e. The van der Waals surface area contributed by atoms with Crippen LogP contribution < -0.4 is 10.6 Å². The molecule has 0 unspecified atom stereocenters. The fraction of sp³-hybridized carbons (Fsp3) is 0.750. The predicted octanol–water partition coefficient (Wildman–Crippen LogP) is -0.468. The Bertz CT molecular complexity index is 558. The summed E-state index contributed by atoms with van der Waals surface area (Å²) in [5, 5.41) is 35.1. The fourth-order valence-corrected chi connectivity index (χ4v) is 2.21. The molecule has 0 rings (SSSR count). The van der Waals surface area contributed by atoms with Crippen molar-refractivity contribution < 1.29 is 34.4 Å². The minimum absolute atomic E-state index is 0.0267. The lowest BCUT2D eigenvalue weighted by Gasteiger charge is -2.26. The topological polar surface area (TPSA) is 145 Å². The van der Waals surface area contributed by atoms with Crippen LogP contribution in [0.25, 0.3) is 0 Å². The van der Waals surface area contributed by atoms with Crippen LogP contribution in [0.2, 0.25) is 0 Å². The second-order valence-corrected chi connectivity index (χ2v) is 8.30. The fourth-order valence-electron chi connectivity index (χ4n) is 2.21. The Morgan fingerprint density at radius 3 is 2.10 bits per heavy atom. The highest BCUT2D eigenvalue weighted by molar-refractivity contribution is 5.95. The Labute approximate surface area is 172 Å². The summed E-state index contributed by atoms with van der Waals surface area (Å²) in [7, 11) is 0. The lowest BCUT2D eigenvalue weighted by atomic mass is 9.91. The maximum atomic E-state index is 12.3. The number of carbonyl (C=O) groups excluding carboxylic acids is 3. The maximum absolute atomic E-state index is 12.3. The third-order valence-corrected chi connectivity index (χ3v) is 3.92. The zero-order valence-corrected chi connectivity index (χ0v) is 18.1. The van der Waals surface area contributed by atoms with Crippen LogP contribution in [0.1, 0.15) is 41.5 Å². The third kappa shape index (κ3) is 11.1. The third-order valence-electron chi connectivity index (χ3n) is 3.92. The van der Waals surface area contributed by atoms with Gasteiger partial charge in [-0.25, -0.2) is 0 Å². The van der Waals surface area contributed by atoms with E-state index >= 15 is 0 Å². The monoisotopic (exact) mass is 416 g/mol. The SMILES string of the molecule is CC(C)OCCNC(=O)[C@H](C)NC(=O)[C@H](C=O)[C@H](O)[C@@H](O)[C@H](O)/C=C/C(C)(C)C. The first kappa shape index (κ1) is 27.2. The molecule has 0 saturated heterocycles. The highest BCUT2D eigenvalue weighted by Crippen LogP contribution is 2.17. The molecule has 0 aromatic heterocycles. The van der Waals surface area contributed by atoms with Gasteiger partial charge in [0.1, 0.15) is 36.6 Å². The first-order valence-corrected chi connectivity index (χ1v) is 9.68. The number of hydrogen-bond acceptors (Lipinski definition) is 7. The smallest absolute Gasteiger partial charge is 0.242 e. The average Bonchev–Trinajstić information content (AvgIpc) is 2.61. The van der Waals surface area contributed by atoms with E-state index in [-0.39, 0.29) is 24.3 Å². The van der Waals surface area contributed by atoms with Crippen LogP contribution in [0.15, 0.2) is 12.2 Å². The molecular formula is C20H36N2O7. The van der Waals surface area contributed by atoms with Crippen molar-refractivity contribution in [1.82, 2.24) is 10.6 Å². The van der Waals surface area contributed by atoms with Gasteiger partial charge in [0, 0.05) is 6.54 Å². The molecule has 9 heteroatoms. The second-order valence-electron chi connectivity index (χ2n) is 8.30. The van der Waals surface area contributed by atoms with E-state index in [1.54, 1.807) is 6.08 Å². The number of nitrogens with one attached hydrogen (secondary N) is 2. The standard InChI is InChI=1S/C20H36N2O7/c1-12(2)29-10-9-21-18(27)13(3)22-19(28)14(11-23)16(25)17(26)15(24)7-8-20(4,5)6/h7-8,11-17,24-26H,9-10H2,1-6H3,(H,21,27)(H,22,28)/b8-7+/t13-,14+,15+,16-,17-/m0/s1. The van der Waals surface area contributed by atoms with Crippen LogP contribution >= 0.6 is 0 Å². The van der Waals surface area contributed by atoms with Gasteiger partial charge in [-0.3, -0.25) is 9.59 Å². The lowest BCUT2D eigenvalue weighted by Crippen LogP contribution is -2.52. The quantitative estimate of drug-likeness (QED) is 0.125. The summed E-state index contributed by atoms with van der Waals surface area (Å²) in [5.74, 6) is -3.07. The van der Waals surface area contributed by atoms with Gasteiger partial charge in [-0.15, -0.1) is 0 Å². The van der Waals surface area contributed by atoms with Crippen LogP contribution in [-0.2, 0) is 19.1 Å². The number of hydrogen-bond donors (Lipinski definition) is 5. The summed E-state index contributed by atoms with van der Waals surface area (Å²) in [5.41, 5.74) is -0.268. The van der Waals surface area contributed by atoms with Gasteiger partial charge < -0.3 is 35.5 Å². The van der Waals surface area contributed by atoms with Crippen molar-refractivity contribution in [2.24, 2.45) is 11.3 Å². The minimum Gasteiger partial charge on any atom is -0.389 e. The molecule has 9 nitrogen and oxygen atoms in total. The van der Waals surface area contributed by atoms with E-state index in [0.717, 1.165) is 0 Å². The Balaban J connectivity index is 4.78. The minimum atomic E-state index is -1.85. The molecule has 0 aliphatic heterocycles. The number of allylic oxidation sites excluding steroid dienone is 1. The Morgan fingerprint density at radius 1 is 1.03 bits per heavy atom. The van der Waals surface area contributed by atoms with Gasteiger partial charge in [-0.05, 0) is 26.2 Å². The Hall–Kier alpha value is -1.81. The summed E-state index contributed by atoms with van der Waals surface area (Å²) in [6, 6.07) is -0.973. The van der Waals surface area contributed by atoms with Crippen LogP contribution in [0.4, 0.5) is 0 Å². The molecule has 0 bridgehead atoms. The number of ether oxygens (including phenoxy) is 1. The molecule has 0 fully saturated rings. The molecule has 0 aromatic carbocycles. The molecule has 0 aliphatic carbocycles. The van der Waals surface area contributed by atoms with Crippen molar-refractivity contribution in [2.75, 3.05) is 13.2 Å². The number of carbonyl (C=O) groups is 3. The van der Waals surface area contributed by atoms with Crippen LogP contribution in [0.5, 0.6) is 0 Å². The zero-order valence-electron chi connectivity index (χ0n) is 18.1. The molecule has 5 N–H and O–H groups in total. The van der Waals surface area contributed by atoms with E-state index in [1.165, 1.54) is 13.0 Å². The summed E-state index contributed by atoms with van der Waals surface area (Å²) in [6.07, 6.45) is -1.94. The first-order chi connectivity index (χ1) is 13.3. The van der Waals surface area contributed by atoms with Crippen LogP contribution in [0, 0.1) is 11.3 Å². The van der Waals surface area contributed by atoms with E-state index in [1.807, 2.05) is 34.6 Å². The largest absolute Gasteiger partial charge is 0.389 e. The van der Waals surface area contributed by atoms with E-state index in [0.29, 0.717) is 6.61 Å². The van der Waals surface area contributed by atoms with Crippen LogP contribution in [-0.4, -0.2) is 77.0 Å². The molecule has 29 heavy (non-hydrogen) atoms. The second kappa shape index (κ2) is 12.7. The molecule has 0 aliphatic rings. The van der Waals surface area contributed by atoms with Crippen molar-refractivity contribution >= 4 is 18.1 Å². The molecule has 0 saturated carbocycles. The van der Waals surface area contributed by atoms with E-state index in [9.17, 15) is 29.7 Å². The van der Waals surface area contributed by atoms with Crippen LogP contribution in [0.3, 0.4) is 0 Å². The van der Waals surface area contributed by atoms with Gasteiger partial charge in [-0.1, -0.05) is 32.9 Å². The number of aliphatic hydroxyl groups excluding tert-OH is 3. The number of rotatable bonds is 12. The zero-order chi connectivity index (χ0) is 22.8. The number of aldehydes is 1. The summed E-state index contributed by atoms with van der Waals surface area (Å²) >= 11 is 0. The van der Waals surface area contributed by atoms with Gasteiger partial charge in [0.05, 0.1) is 12.7 Å². The van der Waals surface area contributed by atoms with Gasteiger partial charge >= 0.3 is 0 Å². The highest BCUT2D eigenvalue weighted by Gasteiger charge is 2.35. The number of amides is 2. The van der Waals surface area contributed by atoms with Crippen molar-refractivity contribution in [3.63, 3.8) is 0 Å². The van der Waals surface area contributed by atoms with Gasteiger partial charge in [-0.2, -0.15) is 0 Å².